The van der Waals surface area contributed by atoms with Gasteiger partial charge in [0, 0.05) is 56.7 Å². The third kappa shape index (κ3) is 6.11. The molecular formula is C30H44N2O5. The predicted molar refractivity (Wildman–Crippen MR) is 145 cm³/mol. The van der Waals surface area contributed by atoms with Crippen molar-refractivity contribution in [3.05, 3.63) is 47.2 Å². The zero-order valence-corrected chi connectivity index (χ0v) is 22.6. The second-order valence-electron chi connectivity index (χ2n) is 10.4. The molecule has 3 fully saturated rings. The van der Waals surface area contributed by atoms with Crippen molar-refractivity contribution < 1.29 is 23.7 Å². The van der Waals surface area contributed by atoms with Gasteiger partial charge in [-0.25, -0.2) is 0 Å². The molecule has 1 aromatic carbocycles. The summed E-state index contributed by atoms with van der Waals surface area (Å²) in [4.78, 5) is 10.6. The molecule has 1 saturated carbocycles. The summed E-state index contributed by atoms with van der Waals surface area (Å²) in [6, 6.07) is 7.40. The van der Waals surface area contributed by atoms with E-state index in [0.29, 0.717) is 18.4 Å². The van der Waals surface area contributed by atoms with E-state index in [-0.39, 0.29) is 0 Å². The van der Waals surface area contributed by atoms with Crippen molar-refractivity contribution in [3.63, 3.8) is 0 Å². The molecule has 1 aromatic rings. The topological polar surface area (TPSA) is 83.3 Å². The summed E-state index contributed by atoms with van der Waals surface area (Å²) in [5.41, 5.74) is 8.11. The monoisotopic (exact) mass is 512 g/mol. The van der Waals surface area contributed by atoms with Crippen LogP contribution < -0.4 is 10.5 Å². The number of hydrogen-bond donors (Lipinski definition) is 1. The number of nitrogens with two attached hydrogens (primary N) is 1. The molecular weight excluding hydrogens is 468 g/mol. The Labute approximate surface area is 222 Å². The fraction of sp³-hybridized carbons (Fsp3) is 0.633. The van der Waals surface area contributed by atoms with Gasteiger partial charge in [-0.15, -0.1) is 0 Å². The van der Waals surface area contributed by atoms with Gasteiger partial charge in [0.25, 0.3) is 0 Å². The molecule has 6 rings (SSSR count). The minimum Gasteiger partial charge on any atom is -0.501 e. The van der Waals surface area contributed by atoms with Crippen LogP contribution >= 0.6 is 0 Å². The summed E-state index contributed by atoms with van der Waals surface area (Å²) in [6.07, 6.45) is 14.0. The standard InChI is InChI=1S/C28H37NO4.CH5N.CH2O/c1-30-27-18-22(5-7-25(27)20-9-15-31-16-10-20)21-6-8-26-23(17-21)19-32-28(33-26)11-13-29(14-12-28)24-3-2-4-24;2*1-2/h5-6,8,17-18,20,24-25H,2-4,7,9-16,19H2,1H3;2H2,1H3;1H2. The average Bonchev–Trinajstić information content (AvgIpc) is 2.95. The molecule has 0 bridgehead atoms. The number of carbonyl (C=O) groups is 1. The molecule has 37 heavy (non-hydrogen) atoms. The predicted octanol–water partition coefficient (Wildman–Crippen LogP) is 4.69. The van der Waals surface area contributed by atoms with Crippen LogP contribution in [-0.2, 0) is 25.6 Å². The summed E-state index contributed by atoms with van der Waals surface area (Å²) < 4.78 is 24.3. The van der Waals surface area contributed by atoms with Crippen molar-refractivity contribution in [3.8, 4) is 5.75 Å². The summed E-state index contributed by atoms with van der Waals surface area (Å²) in [6.45, 7) is 6.55. The van der Waals surface area contributed by atoms with Gasteiger partial charge in [-0.05, 0) is 74.4 Å². The van der Waals surface area contributed by atoms with Crippen molar-refractivity contribution in [2.24, 2.45) is 17.6 Å². The quantitative estimate of drug-likeness (QED) is 0.627. The van der Waals surface area contributed by atoms with Gasteiger partial charge in [-0.3, -0.25) is 4.90 Å². The highest BCUT2D eigenvalue weighted by Gasteiger charge is 2.42. The molecule has 3 aliphatic heterocycles. The lowest BCUT2D eigenvalue weighted by Crippen LogP contribution is -2.54. The van der Waals surface area contributed by atoms with E-state index in [1.807, 2.05) is 13.9 Å². The molecule has 5 aliphatic rings. The number of allylic oxidation sites excluding steroid dienone is 4. The maximum absolute atomic E-state index is 8.00. The third-order valence-electron chi connectivity index (χ3n) is 8.66. The van der Waals surface area contributed by atoms with Gasteiger partial charge in [0.15, 0.2) is 0 Å². The molecule has 0 aromatic heterocycles. The van der Waals surface area contributed by atoms with E-state index in [1.54, 1.807) is 0 Å². The summed E-state index contributed by atoms with van der Waals surface area (Å²) >= 11 is 0. The molecule has 7 nitrogen and oxygen atoms in total. The molecule has 1 spiro atoms. The Bertz CT molecular complexity index is 943. The highest BCUT2D eigenvalue weighted by atomic mass is 16.7. The van der Waals surface area contributed by atoms with Crippen LogP contribution in [0.15, 0.2) is 36.1 Å². The Hall–Kier alpha value is -2.19. The van der Waals surface area contributed by atoms with Crippen LogP contribution in [0.3, 0.4) is 0 Å². The SMILES string of the molecule is C=O.CN.COC1=CC(c2ccc3c(c2)COC2(CCN(C4CCC4)CC2)O3)=CCC1C1CCOCC1. The lowest BCUT2D eigenvalue weighted by atomic mass is 9.79. The number of piperidine rings is 1. The van der Waals surface area contributed by atoms with E-state index in [9.17, 15) is 0 Å². The van der Waals surface area contributed by atoms with Crippen molar-refractivity contribution in [2.45, 2.75) is 69.8 Å². The van der Waals surface area contributed by atoms with Gasteiger partial charge < -0.3 is 29.5 Å². The van der Waals surface area contributed by atoms with E-state index < -0.39 is 5.79 Å². The van der Waals surface area contributed by atoms with Crippen LogP contribution in [-0.4, -0.2) is 64.0 Å². The number of rotatable bonds is 4. The Morgan fingerprint density at radius 3 is 2.46 bits per heavy atom. The Morgan fingerprint density at radius 2 is 1.81 bits per heavy atom. The minimum absolute atomic E-state index is 0.432. The van der Waals surface area contributed by atoms with Gasteiger partial charge in [0.1, 0.15) is 12.5 Å². The molecule has 7 heteroatoms. The first-order chi connectivity index (χ1) is 18.2. The molecule has 2 saturated heterocycles. The van der Waals surface area contributed by atoms with Crippen LogP contribution in [0.1, 0.15) is 62.5 Å². The first kappa shape index (κ1) is 27.8. The van der Waals surface area contributed by atoms with Crippen LogP contribution in [0.5, 0.6) is 5.75 Å². The number of likely N-dealkylation sites (tertiary alicyclic amines) is 1. The zero-order chi connectivity index (χ0) is 26.3. The van der Waals surface area contributed by atoms with Gasteiger partial charge in [0.2, 0.25) is 5.79 Å². The van der Waals surface area contributed by atoms with Gasteiger partial charge >= 0.3 is 0 Å². The number of ether oxygens (including phenoxy) is 4. The summed E-state index contributed by atoms with van der Waals surface area (Å²) in [5.74, 6) is 2.80. The maximum atomic E-state index is 8.00. The fourth-order valence-electron chi connectivity index (χ4n) is 6.28. The van der Waals surface area contributed by atoms with Crippen LogP contribution in [0, 0.1) is 11.8 Å². The number of hydrogen-bond acceptors (Lipinski definition) is 7. The Morgan fingerprint density at radius 1 is 1.08 bits per heavy atom. The number of fused-ring (bicyclic) bond motifs is 1. The number of methoxy groups -OCH3 is 1. The van der Waals surface area contributed by atoms with Crippen LogP contribution in [0.2, 0.25) is 0 Å². The molecule has 2 aliphatic carbocycles. The number of benzene rings is 1. The van der Waals surface area contributed by atoms with Crippen molar-refractivity contribution in [2.75, 3.05) is 40.5 Å². The smallest absolute Gasteiger partial charge is 0.213 e. The number of nitrogens with zero attached hydrogens (tertiary/aromatic N) is 1. The molecule has 0 amide bonds. The average molecular weight is 513 g/mol. The van der Waals surface area contributed by atoms with E-state index in [1.165, 1.54) is 37.4 Å². The van der Waals surface area contributed by atoms with Crippen molar-refractivity contribution >= 4 is 12.4 Å². The van der Waals surface area contributed by atoms with Crippen molar-refractivity contribution in [1.29, 1.82) is 0 Å². The fourth-order valence-corrected chi connectivity index (χ4v) is 6.28. The van der Waals surface area contributed by atoms with Crippen LogP contribution in [0.4, 0.5) is 0 Å². The second-order valence-corrected chi connectivity index (χ2v) is 10.4. The molecule has 0 radical (unpaired) electrons. The highest BCUT2D eigenvalue weighted by Crippen LogP contribution is 2.42. The highest BCUT2D eigenvalue weighted by molar-refractivity contribution is 5.76. The zero-order valence-electron chi connectivity index (χ0n) is 22.6. The van der Waals surface area contributed by atoms with E-state index in [2.05, 4.69) is 41.0 Å². The van der Waals surface area contributed by atoms with E-state index >= 15 is 0 Å². The molecule has 2 N–H and O–H groups in total. The molecule has 1 atom stereocenters. The maximum Gasteiger partial charge on any atom is 0.213 e. The number of carbonyl (C=O) groups excluding carboxylic acids is 1. The normalized spacial score (nSPS) is 25.5. The summed E-state index contributed by atoms with van der Waals surface area (Å²) in [7, 11) is 3.31. The van der Waals surface area contributed by atoms with E-state index in [0.717, 1.165) is 81.5 Å². The Kier molecular flexibility index (Phi) is 9.82. The van der Waals surface area contributed by atoms with Gasteiger partial charge in [-0.2, -0.15) is 0 Å². The molecule has 3 heterocycles. The van der Waals surface area contributed by atoms with Gasteiger partial charge in [-0.1, -0.05) is 18.6 Å². The minimum atomic E-state index is -0.432. The lowest BCUT2D eigenvalue weighted by molar-refractivity contribution is -0.231. The van der Waals surface area contributed by atoms with Crippen molar-refractivity contribution in [1.82, 2.24) is 4.90 Å². The molecule has 1 unspecified atom stereocenters. The summed E-state index contributed by atoms with van der Waals surface area (Å²) in [5, 5.41) is 0. The first-order valence-corrected chi connectivity index (χ1v) is 13.8. The molecule has 204 valence electrons. The van der Waals surface area contributed by atoms with Crippen LogP contribution in [0.25, 0.3) is 5.57 Å². The third-order valence-corrected chi connectivity index (χ3v) is 8.66. The first-order valence-electron chi connectivity index (χ1n) is 13.8. The largest absolute Gasteiger partial charge is 0.501 e. The van der Waals surface area contributed by atoms with Gasteiger partial charge in [0.05, 0.1) is 19.5 Å². The second kappa shape index (κ2) is 13.1. The van der Waals surface area contributed by atoms with E-state index in [4.69, 9.17) is 23.7 Å². The lowest BCUT2D eigenvalue weighted by Gasteiger charge is -2.47. The Balaban J connectivity index is 0.000000765.